The highest BCUT2D eigenvalue weighted by atomic mass is 16.5. The number of hydrogen-bond donors (Lipinski definition) is 2. The van der Waals surface area contributed by atoms with Crippen LogP contribution in [0.2, 0.25) is 0 Å². The summed E-state index contributed by atoms with van der Waals surface area (Å²) < 4.78 is 5.83. The van der Waals surface area contributed by atoms with Crippen molar-refractivity contribution < 1.29 is 19.1 Å². The predicted molar refractivity (Wildman–Crippen MR) is 176 cm³/mol. The van der Waals surface area contributed by atoms with Crippen LogP contribution in [0, 0.1) is 30.6 Å². The van der Waals surface area contributed by atoms with E-state index < -0.39 is 6.04 Å². The summed E-state index contributed by atoms with van der Waals surface area (Å²) in [5, 5.41) is 3.20. The summed E-state index contributed by atoms with van der Waals surface area (Å²) in [5.74, 6) is 2.62. The summed E-state index contributed by atoms with van der Waals surface area (Å²) >= 11 is 0. The topological polar surface area (TPSA) is 98.5 Å². The average molecular weight is 609 g/mol. The van der Waals surface area contributed by atoms with E-state index in [1.54, 1.807) is 6.26 Å². The van der Waals surface area contributed by atoms with Crippen LogP contribution in [-0.4, -0.2) is 29.6 Å². The molecule has 6 heteroatoms. The minimum Gasteiger partial charge on any atom is -0.497 e. The molecular formula is C39H48N2O4. The highest BCUT2D eigenvalue weighted by Gasteiger charge is 2.46. The summed E-state index contributed by atoms with van der Waals surface area (Å²) in [4.78, 5) is 39.6. The van der Waals surface area contributed by atoms with Gasteiger partial charge in [0.25, 0.3) is 5.91 Å². The molecule has 238 valence electrons. The first kappa shape index (κ1) is 30.4. The molecule has 0 spiro atoms. The summed E-state index contributed by atoms with van der Waals surface area (Å²) in [7, 11) is 0. The van der Waals surface area contributed by atoms with Crippen LogP contribution in [0.5, 0.6) is 0 Å². The number of fused-ring (bicyclic) bond motifs is 2. The fourth-order valence-corrected chi connectivity index (χ4v) is 8.97. The van der Waals surface area contributed by atoms with Gasteiger partial charge in [0.2, 0.25) is 0 Å². The van der Waals surface area contributed by atoms with Crippen molar-refractivity contribution in [1.29, 1.82) is 0 Å². The minimum absolute atomic E-state index is 0.100. The lowest BCUT2D eigenvalue weighted by Gasteiger charge is -2.31. The number of ketones is 2. The van der Waals surface area contributed by atoms with E-state index in [2.05, 4.69) is 42.6 Å². The lowest BCUT2D eigenvalue weighted by atomic mass is 9.75. The largest absolute Gasteiger partial charge is 0.497 e. The molecule has 4 aliphatic carbocycles. The van der Waals surface area contributed by atoms with E-state index in [4.69, 9.17) is 10.5 Å². The highest BCUT2D eigenvalue weighted by Crippen LogP contribution is 2.48. The van der Waals surface area contributed by atoms with Crippen molar-refractivity contribution in [2.75, 3.05) is 5.32 Å². The number of nitrogens with one attached hydrogen (secondary N) is 1. The Labute approximate surface area is 267 Å². The van der Waals surface area contributed by atoms with Crippen LogP contribution >= 0.6 is 0 Å². The number of carbonyl (C=O) groups is 3. The van der Waals surface area contributed by atoms with Crippen LogP contribution in [0.3, 0.4) is 0 Å². The van der Waals surface area contributed by atoms with Crippen molar-refractivity contribution in [3.8, 4) is 0 Å². The molecule has 5 unspecified atom stereocenters. The number of amides is 1. The molecule has 1 amide bonds. The van der Waals surface area contributed by atoms with Gasteiger partial charge < -0.3 is 15.8 Å². The molecule has 45 heavy (non-hydrogen) atoms. The van der Waals surface area contributed by atoms with Gasteiger partial charge in [0, 0.05) is 29.5 Å². The Balaban J connectivity index is 1.04. The van der Waals surface area contributed by atoms with Crippen molar-refractivity contribution in [2.45, 2.75) is 114 Å². The molecule has 0 aromatic heterocycles. The Hall–Kier alpha value is -3.25. The molecule has 2 aromatic carbocycles. The third-order valence-electron chi connectivity index (χ3n) is 11.8. The summed E-state index contributed by atoms with van der Waals surface area (Å²) in [6, 6.07) is 13.9. The van der Waals surface area contributed by atoms with Crippen molar-refractivity contribution in [2.24, 2.45) is 29.4 Å². The Kier molecular flexibility index (Phi) is 8.69. The molecule has 2 bridgehead atoms. The zero-order chi connectivity index (χ0) is 31.1. The third kappa shape index (κ3) is 6.40. The van der Waals surface area contributed by atoms with E-state index in [-0.39, 0.29) is 29.6 Å². The Morgan fingerprint density at radius 2 is 1.62 bits per heavy atom. The third-order valence-corrected chi connectivity index (χ3v) is 11.8. The normalized spacial score (nSPS) is 29.7. The number of nitrogens with two attached hydrogens (primary N) is 1. The molecule has 7 rings (SSSR count). The van der Waals surface area contributed by atoms with E-state index in [0.29, 0.717) is 53.4 Å². The first-order valence-corrected chi connectivity index (χ1v) is 17.5. The molecular weight excluding hydrogens is 560 g/mol. The second kappa shape index (κ2) is 12.9. The maximum absolute atomic E-state index is 13.6. The molecule has 4 fully saturated rings. The van der Waals surface area contributed by atoms with Crippen LogP contribution in [0.1, 0.15) is 122 Å². The number of aryl methyl sites for hydroxylation is 1. The molecule has 1 heterocycles. The minimum atomic E-state index is -0.622. The number of ether oxygens (including phenoxy) is 1. The fraction of sp³-hybridized carbons (Fsp3) is 0.564. The molecule has 6 nitrogen and oxygen atoms in total. The monoisotopic (exact) mass is 608 g/mol. The van der Waals surface area contributed by atoms with Crippen molar-refractivity contribution >= 4 is 23.2 Å². The van der Waals surface area contributed by atoms with Gasteiger partial charge in [-0.05, 0) is 124 Å². The number of benzene rings is 2. The van der Waals surface area contributed by atoms with E-state index >= 15 is 0 Å². The van der Waals surface area contributed by atoms with Gasteiger partial charge in [0.05, 0.1) is 17.9 Å². The molecule has 5 aliphatic rings. The molecule has 0 radical (unpaired) electrons. The average Bonchev–Trinajstić information content (AvgIpc) is 3.45. The van der Waals surface area contributed by atoms with Gasteiger partial charge in [-0.2, -0.15) is 0 Å². The zero-order valence-corrected chi connectivity index (χ0v) is 26.6. The maximum Gasteiger partial charge on any atom is 0.254 e. The number of carbonyl (C=O) groups excluding carboxylic acids is 3. The van der Waals surface area contributed by atoms with Crippen molar-refractivity contribution in [3.63, 3.8) is 0 Å². The van der Waals surface area contributed by atoms with Crippen LogP contribution in [0.25, 0.3) is 0 Å². The van der Waals surface area contributed by atoms with Gasteiger partial charge in [-0.3, -0.25) is 14.4 Å². The molecule has 0 saturated heterocycles. The summed E-state index contributed by atoms with van der Waals surface area (Å²) in [5.41, 5.74) is 12.3. The van der Waals surface area contributed by atoms with Crippen LogP contribution in [0.15, 0.2) is 54.3 Å². The lowest BCUT2D eigenvalue weighted by Crippen LogP contribution is -2.31. The maximum atomic E-state index is 13.6. The van der Waals surface area contributed by atoms with E-state index in [9.17, 15) is 14.4 Å². The second-order valence-corrected chi connectivity index (χ2v) is 14.7. The van der Waals surface area contributed by atoms with Gasteiger partial charge in [-0.1, -0.05) is 42.8 Å². The van der Waals surface area contributed by atoms with Crippen LogP contribution in [0.4, 0.5) is 5.69 Å². The Morgan fingerprint density at radius 1 is 0.911 bits per heavy atom. The van der Waals surface area contributed by atoms with Gasteiger partial charge in [0.1, 0.15) is 11.9 Å². The first-order valence-electron chi connectivity index (χ1n) is 17.5. The highest BCUT2D eigenvalue weighted by molar-refractivity contribution is 6.06. The summed E-state index contributed by atoms with van der Waals surface area (Å²) in [6.45, 7) is 2.20. The number of anilines is 1. The van der Waals surface area contributed by atoms with Crippen molar-refractivity contribution in [1.82, 2.24) is 0 Å². The molecule has 2 aromatic rings. The van der Waals surface area contributed by atoms with E-state index in [0.717, 1.165) is 62.6 Å². The smallest absolute Gasteiger partial charge is 0.254 e. The van der Waals surface area contributed by atoms with Crippen molar-refractivity contribution in [3.05, 3.63) is 76.6 Å². The second-order valence-electron chi connectivity index (χ2n) is 14.7. The first-order chi connectivity index (χ1) is 21.9. The van der Waals surface area contributed by atoms with Gasteiger partial charge in [-0.15, -0.1) is 0 Å². The number of hydrogen-bond acceptors (Lipinski definition) is 5. The van der Waals surface area contributed by atoms with Gasteiger partial charge in [-0.25, -0.2) is 0 Å². The molecule has 4 saturated carbocycles. The van der Waals surface area contributed by atoms with Crippen LogP contribution in [-0.2, 0) is 14.3 Å². The molecule has 1 aliphatic heterocycles. The van der Waals surface area contributed by atoms with E-state index in [1.807, 2.05) is 12.1 Å². The summed E-state index contributed by atoms with van der Waals surface area (Å²) in [6.07, 6.45) is 14.5. The van der Waals surface area contributed by atoms with Gasteiger partial charge >= 0.3 is 0 Å². The number of rotatable bonds is 11. The lowest BCUT2D eigenvalue weighted by molar-refractivity contribution is -0.126. The van der Waals surface area contributed by atoms with Gasteiger partial charge in [0.15, 0.2) is 5.78 Å². The molecule has 5 atom stereocenters. The molecule has 3 N–H and O–H groups in total. The quantitative estimate of drug-likeness (QED) is 0.254. The zero-order valence-electron chi connectivity index (χ0n) is 26.6. The Morgan fingerprint density at radius 3 is 2.33 bits per heavy atom. The Bertz CT molecular complexity index is 1480. The van der Waals surface area contributed by atoms with E-state index in [1.165, 1.54) is 30.4 Å². The predicted octanol–water partition coefficient (Wildman–Crippen LogP) is 7.75. The fourth-order valence-electron chi connectivity index (χ4n) is 8.97. The SMILES string of the molecule is Cc1ccccc1C1CCC(c2ccc(C(=O)C(N)CCCC3C(=O)C4CCC3C4)cc2NC(=O)C2=COC(C3CC3)C2)CC1. The standard InChI is InChI=1S/C39H48N2O4/c1-23-5-2-3-6-31(23)24-9-11-25(12-10-24)32-18-17-29(20-35(32)41-39(44)30-21-36(45-22-30)26-13-14-26)38(43)34(40)8-4-7-33-27-15-16-28(19-27)37(33)42/h2-3,5-6,17-18,20,22,24-28,33-34,36H,4,7-16,19,21,40H2,1H3,(H,41,44). The number of Topliss-reactive ketones (excluding diaryl/α,β-unsaturated/α-hetero) is 2. The van der Waals surface area contributed by atoms with Crippen LogP contribution < -0.4 is 11.1 Å².